The molecule has 1 saturated heterocycles. The molecule has 0 aliphatic carbocycles. The van der Waals surface area contributed by atoms with Crippen LogP contribution in [0.3, 0.4) is 0 Å². The number of hydrogen-bond donors (Lipinski definition) is 1. The van der Waals surface area contributed by atoms with Crippen LogP contribution in [0.1, 0.15) is 16.8 Å². The number of hydrogen-bond acceptors (Lipinski definition) is 4. The fourth-order valence-electron chi connectivity index (χ4n) is 2.81. The summed E-state index contributed by atoms with van der Waals surface area (Å²) >= 11 is 5.75. The van der Waals surface area contributed by atoms with Crippen LogP contribution in [0.15, 0.2) is 42.5 Å². The number of benzene rings is 2. The van der Waals surface area contributed by atoms with Crippen LogP contribution < -0.4 is 10.2 Å². The van der Waals surface area contributed by atoms with Crippen LogP contribution in [0.4, 0.5) is 15.8 Å². The van der Waals surface area contributed by atoms with Gasteiger partial charge in [0, 0.05) is 25.3 Å². The van der Waals surface area contributed by atoms with E-state index in [0.717, 1.165) is 11.0 Å². The maximum Gasteiger partial charge on any atom is 0.256 e. The normalized spacial score (nSPS) is 16.6. The van der Waals surface area contributed by atoms with Crippen LogP contribution in [-0.4, -0.2) is 42.8 Å². The predicted octanol–water partition coefficient (Wildman–Crippen LogP) is 2.92. The molecule has 0 radical (unpaired) electrons. The van der Waals surface area contributed by atoms with Crippen molar-refractivity contribution < 1.29 is 18.8 Å². The minimum Gasteiger partial charge on any atom is -0.373 e. The zero-order chi connectivity index (χ0) is 19.7. The van der Waals surface area contributed by atoms with Gasteiger partial charge in [-0.3, -0.25) is 14.4 Å². The maximum atomic E-state index is 13.3. The second-order valence-electron chi connectivity index (χ2n) is 6.34. The van der Waals surface area contributed by atoms with Crippen LogP contribution in [0.2, 0.25) is 5.02 Å². The van der Waals surface area contributed by atoms with E-state index in [1.807, 2.05) is 0 Å². The summed E-state index contributed by atoms with van der Waals surface area (Å²) in [6.45, 7) is 0. The zero-order valence-corrected chi connectivity index (χ0v) is 15.5. The fourth-order valence-corrected chi connectivity index (χ4v) is 2.98. The number of nitrogens with one attached hydrogen (secondary N) is 1. The molecule has 6 nitrogen and oxygen atoms in total. The zero-order valence-electron chi connectivity index (χ0n) is 14.7. The molecule has 27 heavy (non-hydrogen) atoms. The third-order valence-corrected chi connectivity index (χ3v) is 4.48. The fraction of sp³-hybridized carbons (Fsp3) is 0.211. The van der Waals surface area contributed by atoms with Crippen LogP contribution >= 0.6 is 11.6 Å². The quantitative estimate of drug-likeness (QED) is 0.816. The van der Waals surface area contributed by atoms with Crippen molar-refractivity contribution in [3.63, 3.8) is 0 Å². The largest absolute Gasteiger partial charge is 0.373 e. The second kappa shape index (κ2) is 7.36. The van der Waals surface area contributed by atoms with Gasteiger partial charge in [-0.1, -0.05) is 11.6 Å². The lowest BCUT2D eigenvalue weighted by Gasteiger charge is -2.17. The summed E-state index contributed by atoms with van der Waals surface area (Å²) in [4.78, 5) is 39.3. The van der Waals surface area contributed by atoms with Crippen molar-refractivity contribution in [1.29, 1.82) is 0 Å². The lowest BCUT2D eigenvalue weighted by Crippen LogP contribution is -2.34. The van der Waals surface area contributed by atoms with E-state index in [0.29, 0.717) is 11.3 Å². The highest BCUT2D eigenvalue weighted by Gasteiger charge is 2.39. The molecular weight excluding hydrogens is 373 g/mol. The van der Waals surface area contributed by atoms with Crippen molar-refractivity contribution in [2.24, 2.45) is 0 Å². The Morgan fingerprint density at radius 2 is 1.85 bits per heavy atom. The first-order valence-corrected chi connectivity index (χ1v) is 8.56. The number of halogens is 2. The highest BCUT2D eigenvalue weighted by Crippen LogP contribution is 2.28. The van der Waals surface area contributed by atoms with Crippen LogP contribution in [-0.2, 0) is 9.59 Å². The summed E-state index contributed by atoms with van der Waals surface area (Å²) in [6, 6.07) is 9.57. The van der Waals surface area contributed by atoms with Gasteiger partial charge in [-0.05, 0) is 42.5 Å². The van der Waals surface area contributed by atoms with Gasteiger partial charge in [0.05, 0.1) is 17.1 Å². The molecule has 2 aromatic carbocycles. The monoisotopic (exact) mass is 389 g/mol. The predicted molar refractivity (Wildman–Crippen MR) is 100 cm³/mol. The van der Waals surface area contributed by atoms with Gasteiger partial charge in [0.1, 0.15) is 11.9 Å². The molecule has 0 bridgehead atoms. The molecule has 1 N–H and O–H groups in total. The van der Waals surface area contributed by atoms with E-state index in [1.165, 1.54) is 17.0 Å². The summed E-state index contributed by atoms with van der Waals surface area (Å²) in [5, 5.41) is 2.84. The van der Waals surface area contributed by atoms with Crippen molar-refractivity contribution >= 4 is 40.7 Å². The number of nitrogens with zero attached hydrogens (tertiary/aromatic N) is 2. The van der Waals surface area contributed by atoms with Crippen molar-refractivity contribution in [1.82, 2.24) is 4.90 Å². The lowest BCUT2D eigenvalue weighted by molar-refractivity contribution is -0.121. The van der Waals surface area contributed by atoms with E-state index in [9.17, 15) is 18.8 Å². The van der Waals surface area contributed by atoms with Gasteiger partial charge >= 0.3 is 0 Å². The van der Waals surface area contributed by atoms with E-state index in [1.54, 1.807) is 38.4 Å². The van der Waals surface area contributed by atoms with Gasteiger partial charge in [0.25, 0.3) is 11.8 Å². The number of anilines is 2. The molecule has 1 aliphatic rings. The van der Waals surface area contributed by atoms with E-state index in [4.69, 9.17) is 11.6 Å². The third-order valence-electron chi connectivity index (χ3n) is 4.19. The van der Waals surface area contributed by atoms with Crippen molar-refractivity contribution in [3.8, 4) is 0 Å². The number of carbonyl (C=O) groups excluding carboxylic acids is 3. The van der Waals surface area contributed by atoms with Crippen molar-refractivity contribution in [3.05, 3.63) is 58.9 Å². The molecule has 1 heterocycles. The minimum atomic E-state index is -0.753. The number of imide groups is 1. The Morgan fingerprint density at radius 3 is 2.44 bits per heavy atom. The average molecular weight is 390 g/mol. The van der Waals surface area contributed by atoms with E-state index < -0.39 is 23.7 Å². The molecule has 1 fully saturated rings. The molecule has 1 atom stereocenters. The Kier molecular flexibility index (Phi) is 5.14. The summed E-state index contributed by atoms with van der Waals surface area (Å²) in [5.41, 5.74) is 1.35. The molecule has 3 amide bonds. The maximum absolute atomic E-state index is 13.3. The first-order valence-electron chi connectivity index (χ1n) is 8.18. The summed E-state index contributed by atoms with van der Waals surface area (Å²) in [5.74, 6) is -1.61. The minimum absolute atomic E-state index is 0.0355. The highest BCUT2D eigenvalue weighted by molar-refractivity contribution is 6.31. The van der Waals surface area contributed by atoms with Crippen LogP contribution in [0.5, 0.6) is 0 Å². The van der Waals surface area contributed by atoms with Gasteiger partial charge in [-0.2, -0.15) is 0 Å². The standard InChI is InChI=1S/C19H17ClFN3O3/c1-23(2)18(26)11-3-5-12(6-4-11)22-16-10-17(25)24(19(16)27)13-7-8-15(21)14(20)9-13/h3-9,16,22H,10H2,1-2H3/t16-/m0/s1. The van der Waals surface area contributed by atoms with Gasteiger partial charge in [0.2, 0.25) is 5.91 Å². The number of rotatable bonds is 4. The molecule has 140 valence electrons. The van der Waals surface area contributed by atoms with Gasteiger partial charge in [-0.25, -0.2) is 9.29 Å². The Balaban J connectivity index is 1.75. The molecular formula is C19H17ClFN3O3. The van der Waals surface area contributed by atoms with Crippen molar-refractivity contribution in [2.75, 3.05) is 24.3 Å². The highest BCUT2D eigenvalue weighted by atomic mass is 35.5. The molecule has 0 aromatic heterocycles. The van der Waals surface area contributed by atoms with E-state index in [2.05, 4.69) is 5.32 Å². The van der Waals surface area contributed by atoms with E-state index in [-0.39, 0.29) is 23.0 Å². The molecule has 3 rings (SSSR count). The number of amides is 3. The van der Waals surface area contributed by atoms with Crippen molar-refractivity contribution in [2.45, 2.75) is 12.5 Å². The Hall–Kier alpha value is -2.93. The molecule has 0 unspecified atom stereocenters. The van der Waals surface area contributed by atoms with Gasteiger partial charge < -0.3 is 10.2 Å². The molecule has 0 spiro atoms. The SMILES string of the molecule is CN(C)C(=O)c1ccc(N[C@H]2CC(=O)N(c3ccc(F)c(Cl)c3)C2=O)cc1. The molecule has 2 aromatic rings. The Bertz CT molecular complexity index is 915. The molecule has 0 saturated carbocycles. The van der Waals surface area contributed by atoms with Crippen LogP contribution in [0, 0.1) is 5.82 Å². The second-order valence-corrected chi connectivity index (χ2v) is 6.75. The molecule has 1 aliphatic heterocycles. The smallest absolute Gasteiger partial charge is 0.256 e. The Labute approximate surface area is 160 Å². The van der Waals surface area contributed by atoms with Crippen LogP contribution in [0.25, 0.3) is 0 Å². The van der Waals surface area contributed by atoms with Gasteiger partial charge in [0.15, 0.2) is 0 Å². The van der Waals surface area contributed by atoms with E-state index >= 15 is 0 Å². The first kappa shape index (κ1) is 18.8. The summed E-state index contributed by atoms with van der Waals surface area (Å²) in [7, 11) is 3.32. The average Bonchev–Trinajstić information content (AvgIpc) is 2.91. The van der Waals surface area contributed by atoms with Gasteiger partial charge in [-0.15, -0.1) is 0 Å². The third kappa shape index (κ3) is 3.78. The Morgan fingerprint density at radius 1 is 1.19 bits per heavy atom. The summed E-state index contributed by atoms with van der Waals surface area (Å²) < 4.78 is 13.3. The topological polar surface area (TPSA) is 69.7 Å². The lowest BCUT2D eigenvalue weighted by atomic mass is 10.1. The first-order chi connectivity index (χ1) is 12.8. The summed E-state index contributed by atoms with van der Waals surface area (Å²) in [6.07, 6.45) is -0.0355. The number of carbonyl (C=O) groups is 3. The molecule has 8 heteroatoms.